The number of halogens is 2. The average Bonchev–Trinajstić information content (AvgIpc) is 2.62. The van der Waals surface area contributed by atoms with Gasteiger partial charge in [0.15, 0.2) is 0 Å². The van der Waals surface area contributed by atoms with Crippen LogP contribution in [-0.2, 0) is 4.74 Å². The third-order valence-corrected chi connectivity index (χ3v) is 4.29. The highest BCUT2D eigenvalue weighted by Gasteiger charge is 2.11. The number of nitrogens with one attached hydrogen (secondary N) is 2. The van der Waals surface area contributed by atoms with Gasteiger partial charge in [-0.25, -0.2) is 9.97 Å². The van der Waals surface area contributed by atoms with Crippen LogP contribution in [0.4, 0.5) is 11.6 Å². The van der Waals surface area contributed by atoms with E-state index in [0.717, 1.165) is 39.4 Å². The van der Waals surface area contributed by atoms with Crippen molar-refractivity contribution in [3.63, 3.8) is 0 Å². The summed E-state index contributed by atoms with van der Waals surface area (Å²) in [4.78, 5) is 22.9. The predicted octanol–water partition coefficient (Wildman–Crippen LogP) is 2.78. The zero-order chi connectivity index (χ0) is 18.4. The standard InChI is InChI=1S/C17H19Cl2N5O2/c18-13-7-14(19)9-15(8-13)23-16(25)12-10-21-17(22-11-12)20-1-2-24-3-5-26-6-4-24/h7-11H,1-6H2,(H,23,25)(H,20,21,22). The molecule has 138 valence electrons. The number of hydrogen-bond acceptors (Lipinski definition) is 6. The molecule has 0 saturated carbocycles. The zero-order valence-electron chi connectivity index (χ0n) is 14.0. The highest BCUT2D eigenvalue weighted by Crippen LogP contribution is 2.22. The molecule has 2 heterocycles. The Morgan fingerprint density at radius 1 is 1.12 bits per heavy atom. The Kier molecular flexibility index (Phi) is 6.62. The minimum Gasteiger partial charge on any atom is -0.379 e. The van der Waals surface area contributed by atoms with E-state index in [0.29, 0.717) is 27.2 Å². The van der Waals surface area contributed by atoms with Crippen LogP contribution in [-0.4, -0.2) is 60.2 Å². The summed E-state index contributed by atoms with van der Waals surface area (Å²) in [5.41, 5.74) is 0.861. The van der Waals surface area contributed by atoms with Gasteiger partial charge in [-0.1, -0.05) is 23.2 Å². The molecule has 7 nitrogen and oxygen atoms in total. The Morgan fingerprint density at radius 3 is 2.42 bits per heavy atom. The summed E-state index contributed by atoms with van der Waals surface area (Å²) in [5.74, 6) is 0.156. The van der Waals surface area contributed by atoms with Crippen LogP contribution in [0, 0.1) is 0 Å². The molecule has 0 atom stereocenters. The first-order chi connectivity index (χ1) is 12.6. The van der Waals surface area contributed by atoms with Crippen molar-refractivity contribution in [1.29, 1.82) is 0 Å². The van der Waals surface area contributed by atoms with E-state index in [2.05, 4.69) is 25.5 Å². The average molecular weight is 396 g/mol. The fourth-order valence-corrected chi connectivity index (χ4v) is 3.04. The number of hydrogen-bond donors (Lipinski definition) is 2. The minimum atomic E-state index is -0.330. The van der Waals surface area contributed by atoms with Gasteiger partial charge in [0.1, 0.15) is 0 Å². The van der Waals surface area contributed by atoms with E-state index in [9.17, 15) is 4.79 Å². The molecule has 2 N–H and O–H groups in total. The minimum absolute atomic E-state index is 0.330. The summed E-state index contributed by atoms with van der Waals surface area (Å²) < 4.78 is 5.32. The van der Waals surface area contributed by atoms with Gasteiger partial charge in [0.2, 0.25) is 5.95 Å². The van der Waals surface area contributed by atoms with E-state index >= 15 is 0 Å². The van der Waals surface area contributed by atoms with Crippen LogP contribution in [0.5, 0.6) is 0 Å². The lowest BCUT2D eigenvalue weighted by atomic mass is 10.3. The summed E-state index contributed by atoms with van der Waals surface area (Å²) in [7, 11) is 0. The smallest absolute Gasteiger partial charge is 0.258 e. The summed E-state index contributed by atoms with van der Waals surface area (Å²) >= 11 is 11.9. The van der Waals surface area contributed by atoms with Crippen LogP contribution in [0.25, 0.3) is 0 Å². The third-order valence-electron chi connectivity index (χ3n) is 3.85. The molecule has 3 rings (SSSR count). The van der Waals surface area contributed by atoms with Gasteiger partial charge in [0.25, 0.3) is 5.91 Å². The molecular formula is C17H19Cl2N5O2. The van der Waals surface area contributed by atoms with Gasteiger partial charge < -0.3 is 15.4 Å². The molecule has 2 aromatic rings. The maximum absolute atomic E-state index is 12.3. The summed E-state index contributed by atoms with van der Waals surface area (Å²) in [6.07, 6.45) is 2.96. The van der Waals surface area contributed by atoms with Crippen molar-refractivity contribution in [2.75, 3.05) is 50.0 Å². The van der Waals surface area contributed by atoms with Crippen LogP contribution >= 0.6 is 23.2 Å². The number of rotatable bonds is 6. The quantitative estimate of drug-likeness (QED) is 0.782. The molecule has 1 aliphatic heterocycles. The van der Waals surface area contributed by atoms with E-state index in [1.54, 1.807) is 18.2 Å². The van der Waals surface area contributed by atoms with Crippen LogP contribution in [0.2, 0.25) is 10.0 Å². The number of carbonyl (C=O) groups excluding carboxylic acids is 1. The van der Waals surface area contributed by atoms with Gasteiger partial charge in [-0.2, -0.15) is 0 Å². The molecule has 0 radical (unpaired) electrons. The molecule has 1 fully saturated rings. The summed E-state index contributed by atoms with van der Waals surface area (Å²) in [6, 6.07) is 4.83. The fraction of sp³-hybridized carbons (Fsp3) is 0.353. The van der Waals surface area contributed by atoms with Crippen LogP contribution in [0.15, 0.2) is 30.6 Å². The second kappa shape index (κ2) is 9.14. The Balaban J connectivity index is 1.50. The molecule has 9 heteroatoms. The van der Waals surface area contributed by atoms with Gasteiger partial charge >= 0.3 is 0 Å². The Hall–Kier alpha value is -1.93. The molecule has 1 aromatic carbocycles. The lowest BCUT2D eigenvalue weighted by molar-refractivity contribution is 0.0398. The van der Waals surface area contributed by atoms with Crippen molar-refractivity contribution < 1.29 is 9.53 Å². The summed E-state index contributed by atoms with van der Waals surface area (Å²) in [5, 5.41) is 6.77. The van der Waals surface area contributed by atoms with Crippen molar-refractivity contribution in [2.24, 2.45) is 0 Å². The topological polar surface area (TPSA) is 79.4 Å². The number of nitrogens with zero attached hydrogens (tertiary/aromatic N) is 3. The van der Waals surface area contributed by atoms with Gasteiger partial charge in [-0.05, 0) is 18.2 Å². The number of benzene rings is 1. The number of aromatic nitrogens is 2. The largest absolute Gasteiger partial charge is 0.379 e. The van der Waals surface area contributed by atoms with Gasteiger partial charge in [-0.3, -0.25) is 9.69 Å². The molecule has 1 amide bonds. The number of anilines is 2. The number of morpholine rings is 1. The van der Waals surface area contributed by atoms with Crippen LogP contribution in [0.3, 0.4) is 0 Å². The predicted molar refractivity (Wildman–Crippen MR) is 102 cm³/mol. The molecule has 0 spiro atoms. The van der Waals surface area contributed by atoms with Gasteiger partial charge in [0.05, 0.1) is 18.8 Å². The van der Waals surface area contributed by atoms with Crippen molar-refractivity contribution >= 4 is 40.7 Å². The van der Waals surface area contributed by atoms with E-state index < -0.39 is 0 Å². The van der Waals surface area contributed by atoms with E-state index in [1.165, 1.54) is 12.4 Å². The van der Waals surface area contributed by atoms with E-state index in [-0.39, 0.29) is 5.91 Å². The maximum Gasteiger partial charge on any atom is 0.258 e. The summed E-state index contributed by atoms with van der Waals surface area (Å²) in [6.45, 7) is 5.05. The molecule has 26 heavy (non-hydrogen) atoms. The Labute approximate surface area is 161 Å². The molecule has 1 aromatic heterocycles. The van der Waals surface area contributed by atoms with Crippen molar-refractivity contribution in [2.45, 2.75) is 0 Å². The highest BCUT2D eigenvalue weighted by molar-refractivity contribution is 6.35. The monoisotopic (exact) mass is 395 g/mol. The molecule has 0 aliphatic carbocycles. The maximum atomic E-state index is 12.3. The Bertz CT molecular complexity index is 731. The van der Waals surface area contributed by atoms with E-state index in [1.807, 2.05) is 0 Å². The van der Waals surface area contributed by atoms with Gasteiger partial charge in [-0.15, -0.1) is 0 Å². The van der Waals surface area contributed by atoms with Crippen molar-refractivity contribution in [1.82, 2.24) is 14.9 Å². The van der Waals surface area contributed by atoms with Gasteiger partial charge in [0, 0.05) is 54.3 Å². The van der Waals surface area contributed by atoms with Crippen molar-refractivity contribution in [3.05, 3.63) is 46.2 Å². The second-order valence-electron chi connectivity index (χ2n) is 5.79. The Morgan fingerprint density at radius 2 is 1.77 bits per heavy atom. The van der Waals surface area contributed by atoms with Crippen LogP contribution in [0.1, 0.15) is 10.4 Å². The molecule has 0 bridgehead atoms. The number of amides is 1. The third kappa shape index (κ3) is 5.54. The number of ether oxygens (including phenoxy) is 1. The number of carbonyl (C=O) groups is 1. The first-order valence-corrected chi connectivity index (χ1v) is 8.99. The highest BCUT2D eigenvalue weighted by atomic mass is 35.5. The molecule has 1 saturated heterocycles. The molecule has 1 aliphatic rings. The van der Waals surface area contributed by atoms with E-state index in [4.69, 9.17) is 27.9 Å². The SMILES string of the molecule is O=C(Nc1cc(Cl)cc(Cl)c1)c1cnc(NCCN2CCOCC2)nc1. The van der Waals surface area contributed by atoms with Crippen molar-refractivity contribution in [3.8, 4) is 0 Å². The first kappa shape index (κ1) is 18.8. The fourth-order valence-electron chi connectivity index (χ4n) is 2.52. The first-order valence-electron chi connectivity index (χ1n) is 8.23. The lowest BCUT2D eigenvalue weighted by Gasteiger charge is -2.26. The van der Waals surface area contributed by atoms with Crippen LogP contribution < -0.4 is 10.6 Å². The second-order valence-corrected chi connectivity index (χ2v) is 6.66. The lowest BCUT2D eigenvalue weighted by Crippen LogP contribution is -2.39. The zero-order valence-corrected chi connectivity index (χ0v) is 15.6. The molecule has 0 unspecified atom stereocenters. The molecular weight excluding hydrogens is 377 g/mol. The normalized spacial score (nSPS) is 14.8.